The van der Waals surface area contributed by atoms with Crippen LogP contribution < -0.4 is 0 Å². The van der Waals surface area contributed by atoms with E-state index in [0.29, 0.717) is 18.9 Å². The van der Waals surface area contributed by atoms with Gasteiger partial charge in [0.1, 0.15) is 6.61 Å². The largest absolute Gasteiger partial charge is 0.447 e. The molecule has 0 unspecified atom stereocenters. The highest BCUT2D eigenvalue weighted by molar-refractivity contribution is 8.71. The van der Waals surface area contributed by atoms with E-state index in [1.807, 2.05) is 30.3 Å². The summed E-state index contributed by atoms with van der Waals surface area (Å²) in [5, 5.41) is 0. The predicted octanol–water partition coefficient (Wildman–Crippen LogP) is 1.74. The fraction of sp³-hybridized carbons (Fsp3) is 0.462. The number of rotatable bonds is 6. The number of amides is 1. The quantitative estimate of drug-likeness (QED) is 0.748. The molecule has 1 heterocycles. The Morgan fingerprint density at radius 2 is 2.05 bits per heavy atom. The third-order valence-electron chi connectivity index (χ3n) is 3.02. The minimum absolute atomic E-state index is 0.0231. The van der Waals surface area contributed by atoms with Crippen LogP contribution in [0.25, 0.3) is 0 Å². The smallest absolute Gasteiger partial charge is 0.410 e. The molecule has 1 atom stereocenters. The molecule has 1 aromatic rings. The molecule has 5 nitrogen and oxygen atoms in total. The summed E-state index contributed by atoms with van der Waals surface area (Å²) in [5.41, 5.74) is 1.14. The van der Waals surface area contributed by atoms with Crippen molar-refractivity contribution in [3.63, 3.8) is 0 Å². The van der Waals surface area contributed by atoms with Crippen LogP contribution in [0.3, 0.4) is 0 Å². The Morgan fingerprint density at radius 3 is 2.70 bits per heavy atom. The van der Waals surface area contributed by atoms with Crippen molar-refractivity contribution >= 4 is 25.8 Å². The Hall–Kier alpha value is -1.21. The van der Waals surface area contributed by atoms with Gasteiger partial charge in [-0.1, -0.05) is 30.3 Å². The number of ether oxygens (including phenoxy) is 1. The van der Waals surface area contributed by atoms with Gasteiger partial charge in [0.2, 0.25) is 0 Å². The number of cyclic esters (lactones) is 1. The summed E-state index contributed by atoms with van der Waals surface area (Å²) in [6.45, 7) is 0.741. The van der Waals surface area contributed by atoms with Gasteiger partial charge in [-0.3, -0.25) is 0 Å². The Kier molecular flexibility index (Phi) is 4.93. The van der Waals surface area contributed by atoms with Crippen molar-refractivity contribution in [2.75, 3.05) is 25.2 Å². The molecule has 7 heteroatoms. The Bertz CT molecular complexity index is 559. The van der Waals surface area contributed by atoms with E-state index in [9.17, 15) is 13.2 Å². The molecular formula is C13H17NO4S2. The second-order valence-corrected chi connectivity index (χ2v) is 9.22. The molecule has 0 N–H and O–H groups in total. The minimum Gasteiger partial charge on any atom is -0.447 e. The molecule has 0 radical (unpaired) electrons. The van der Waals surface area contributed by atoms with Gasteiger partial charge in [0, 0.05) is 18.6 Å². The molecule has 0 aromatic heterocycles. The maximum atomic E-state index is 11.7. The van der Waals surface area contributed by atoms with Crippen LogP contribution in [0.1, 0.15) is 5.56 Å². The van der Waals surface area contributed by atoms with Gasteiger partial charge in [-0.05, 0) is 22.8 Å². The van der Waals surface area contributed by atoms with Crippen LogP contribution in [0, 0.1) is 0 Å². The highest BCUT2D eigenvalue weighted by Crippen LogP contribution is 2.19. The molecular weight excluding hydrogens is 298 g/mol. The van der Waals surface area contributed by atoms with Crippen molar-refractivity contribution in [1.29, 1.82) is 0 Å². The van der Waals surface area contributed by atoms with Crippen molar-refractivity contribution in [3.05, 3.63) is 35.9 Å². The summed E-state index contributed by atoms with van der Waals surface area (Å²) in [7, 11) is -2.22. The molecule has 20 heavy (non-hydrogen) atoms. The lowest BCUT2D eigenvalue weighted by molar-refractivity contribution is 0.159. The third-order valence-corrected chi connectivity index (χ3v) is 5.58. The summed E-state index contributed by atoms with van der Waals surface area (Å²) in [4.78, 5) is 13.3. The summed E-state index contributed by atoms with van der Waals surface area (Å²) in [6.07, 6.45) is 1.53. The standard InChI is InChI=1S/C13H17NO4S2/c1-20(16,17)19-8-7-14-12(10-18-13(14)15)9-11-5-3-2-4-6-11/h2-6,12H,7-10H2,1H3/t12-/m1/s1. The van der Waals surface area contributed by atoms with Crippen LogP contribution >= 0.6 is 10.8 Å². The molecule has 1 saturated heterocycles. The van der Waals surface area contributed by atoms with E-state index < -0.39 is 8.87 Å². The lowest BCUT2D eigenvalue weighted by Crippen LogP contribution is -2.36. The van der Waals surface area contributed by atoms with Crippen LogP contribution in [0.15, 0.2) is 30.3 Å². The van der Waals surface area contributed by atoms with E-state index in [-0.39, 0.29) is 12.1 Å². The number of hydrogen-bond donors (Lipinski definition) is 0. The molecule has 1 fully saturated rings. The van der Waals surface area contributed by atoms with E-state index in [1.54, 1.807) is 4.90 Å². The second kappa shape index (κ2) is 6.49. The molecule has 110 valence electrons. The van der Waals surface area contributed by atoms with Gasteiger partial charge in [0.25, 0.3) is 0 Å². The van der Waals surface area contributed by atoms with Gasteiger partial charge in [-0.2, -0.15) is 0 Å². The zero-order valence-electron chi connectivity index (χ0n) is 11.2. The monoisotopic (exact) mass is 315 g/mol. The Labute approximate surface area is 122 Å². The van der Waals surface area contributed by atoms with Crippen molar-refractivity contribution in [2.24, 2.45) is 0 Å². The van der Waals surface area contributed by atoms with Gasteiger partial charge in [0.15, 0.2) is 8.87 Å². The van der Waals surface area contributed by atoms with Gasteiger partial charge < -0.3 is 9.64 Å². The number of benzene rings is 1. The van der Waals surface area contributed by atoms with Crippen LogP contribution in [-0.2, 0) is 20.0 Å². The molecule has 2 rings (SSSR count). The first-order valence-electron chi connectivity index (χ1n) is 6.27. The van der Waals surface area contributed by atoms with Crippen molar-refractivity contribution < 1.29 is 17.9 Å². The average Bonchev–Trinajstić information content (AvgIpc) is 2.71. The third kappa shape index (κ3) is 4.42. The lowest BCUT2D eigenvalue weighted by Gasteiger charge is -2.20. The molecule has 1 aliphatic heterocycles. The maximum absolute atomic E-state index is 11.7. The maximum Gasteiger partial charge on any atom is 0.410 e. The lowest BCUT2D eigenvalue weighted by atomic mass is 10.1. The number of carbonyl (C=O) groups excluding carboxylic acids is 1. The highest BCUT2D eigenvalue weighted by atomic mass is 33.1. The average molecular weight is 315 g/mol. The van der Waals surface area contributed by atoms with Crippen molar-refractivity contribution in [1.82, 2.24) is 4.90 Å². The predicted molar refractivity (Wildman–Crippen MR) is 79.3 cm³/mol. The zero-order valence-corrected chi connectivity index (χ0v) is 12.8. The fourth-order valence-electron chi connectivity index (χ4n) is 2.11. The second-order valence-electron chi connectivity index (χ2n) is 4.64. The fourth-order valence-corrected chi connectivity index (χ4v) is 3.81. The summed E-state index contributed by atoms with van der Waals surface area (Å²) in [5.74, 6) is 0.360. The van der Waals surface area contributed by atoms with E-state index in [1.165, 1.54) is 6.26 Å². The minimum atomic E-state index is -3.07. The summed E-state index contributed by atoms with van der Waals surface area (Å²) >= 11 is 0. The molecule has 0 aliphatic carbocycles. The van der Waals surface area contributed by atoms with Crippen LogP contribution in [-0.4, -0.2) is 50.6 Å². The van der Waals surface area contributed by atoms with Gasteiger partial charge in [-0.15, -0.1) is 0 Å². The SMILES string of the molecule is CS(=O)(=O)SCCN1C(=O)OC[C@H]1Cc1ccccc1. The zero-order chi connectivity index (χ0) is 14.6. The van der Waals surface area contributed by atoms with E-state index in [4.69, 9.17) is 4.74 Å². The molecule has 1 aliphatic rings. The van der Waals surface area contributed by atoms with Gasteiger partial charge in [-0.25, -0.2) is 13.2 Å². The van der Waals surface area contributed by atoms with Crippen LogP contribution in [0.5, 0.6) is 0 Å². The van der Waals surface area contributed by atoms with Crippen LogP contribution in [0.2, 0.25) is 0 Å². The molecule has 0 spiro atoms. The first kappa shape index (κ1) is 15.2. The number of hydrogen-bond acceptors (Lipinski definition) is 5. The van der Waals surface area contributed by atoms with E-state index in [2.05, 4.69) is 0 Å². The first-order chi connectivity index (χ1) is 9.46. The molecule has 1 amide bonds. The Balaban J connectivity index is 1.93. The summed E-state index contributed by atoms with van der Waals surface area (Å²) < 4.78 is 27.2. The molecule has 0 bridgehead atoms. The molecule has 0 saturated carbocycles. The van der Waals surface area contributed by atoms with E-state index in [0.717, 1.165) is 22.8 Å². The highest BCUT2D eigenvalue weighted by Gasteiger charge is 2.32. The van der Waals surface area contributed by atoms with Crippen molar-refractivity contribution in [3.8, 4) is 0 Å². The van der Waals surface area contributed by atoms with Crippen molar-refractivity contribution in [2.45, 2.75) is 12.5 Å². The van der Waals surface area contributed by atoms with E-state index >= 15 is 0 Å². The van der Waals surface area contributed by atoms with Gasteiger partial charge in [0.05, 0.1) is 6.04 Å². The summed E-state index contributed by atoms with van der Waals surface area (Å²) in [6, 6.07) is 9.84. The van der Waals surface area contributed by atoms with Gasteiger partial charge >= 0.3 is 6.09 Å². The first-order valence-corrected chi connectivity index (χ1v) is 9.67. The van der Waals surface area contributed by atoms with Crippen LogP contribution in [0.4, 0.5) is 4.79 Å². The number of carbonyl (C=O) groups is 1. The molecule has 1 aromatic carbocycles. The normalized spacial score (nSPS) is 19.1. The Morgan fingerprint density at radius 1 is 1.35 bits per heavy atom. The number of nitrogens with zero attached hydrogens (tertiary/aromatic N) is 1. The topological polar surface area (TPSA) is 63.7 Å².